The van der Waals surface area contributed by atoms with E-state index in [1.807, 2.05) is 25.3 Å². The van der Waals surface area contributed by atoms with Gasteiger partial charge >= 0.3 is 0 Å². The Labute approximate surface area is 167 Å². The van der Waals surface area contributed by atoms with E-state index in [0.29, 0.717) is 35.0 Å². The number of aryl methyl sites for hydroxylation is 1. The highest BCUT2D eigenvalue weighted by Gasteiger charge is 2.21. The summed E-state index contributed by atoms with van der Waals surface area (Å²) in [4.78, 5) is 28.3. The van der Waals surface area contributed by atoms with Crippen LogP contribution >= 0.6 is 0 Å². The normalized spacial score (nSPS) is 19.9. The number of rotatable bonds is 2. The van der Waals surface area contributed by atoms with Crippen LogP contribution in [0.4, 0.5) is 5.69 Å². The van der Waals surface area contributed by atoms with Crippen LogP contribution in [0.3, 0.4) is 0 Å². The average Bonchev–Trinajstić information content (AvgIpc) is 3.06. The Bertz CT molecular complexity index is 1270. The van der Waals surface area contributed by atoms with Crippen molar-refractivity contribution in [2.45, 2.75) is 32.9 Å². The lowest BCUT2D eigenvalue weighted by atomic mass is 10.1. The molecule has 29 heavy (non-hydrogen) atoms. The maximum absolute atomic E-state index is 12.8. The lowest BCUT2D eigenvalue weighted by Gasteiger charge is -2.37. The molecule has 1 fully saturated rings. The fourth-order valence-corrected chi connectivity index (χ4v) is 3.98. The van der Waals surface area contributed by atoms with Crippen LogP contribution in [0.15, 0.2) is 41.6 Å². The van der Waals surface area contributed by atoms with E-state index in [0.717, 1.165) is 24.3 Å². The van der Waals surface area contributed by atoms with Crippen LogP contribution in [0, 0.1) is 6.92 Å². The maximum Gasteiger partial charge on any atom is 0.258 e. The zero-order chi connectivity index (χ0) is 20.1. The summed E-state index contributed by atoms with van der Waals surface area (Å²) in [6.07, 6.45) is 5.33. The molecule has 1 aliphatic rings. The lowest BCUT2D eigenvalue weighted by Crippen LogP contribution is -2.54. The molecule has 9 nitrogen and oxygen atoms in total. The summed E-state index contributed by atoms with van der Waals surface area (Å²) in [7, 11) is 0. The van der Waals surface area contributed by atoms with Crippen molar-refractivity contribution >= 4 is 17.1 Å². The molecule has 4 aromatic rings. The number of hydrogen-bond donors (Lipinski definition) is 1. The Morgan fingerprint density at radius 3 is 2.69 bits per heavy atom. The number of nitrogens with one attached hydrogen (secondary N) is 1. The molecule has 0 amide bonds. The van der Waals surface area contributed by atoms with Gasteiger partial charge in [-0.1, -0.05) is 0 Å². The van der Waals surface area contributed by atoms with Gasteiger partial charge in [0.05, 0.1) is 11.4 Å². The van der Waals surface area contributed by atoms with E-state index in [1.165, 1.54) is 6.07 Å². The van der Waals surface area contributed by atoms with Gasteiger partial charge in [0.15, 0.2) is 0 Å². The van der Waals surface area contributed by atoms with Crippen LogP contribution < -0.4 is 15.8 Å². The predicted molar refractivity (Wildman–Crippen MR) is 110 cm³/mol. The zero-order valence-electron chi connectivity index (χ0n) is 16.6. The first-order chi connectivity index (χ1) is 14.0. The van der Waals surface area contributed by atoms with Gasteiger partial charge in [0.2, 0.25) is 0 Å². The molecule has 0 aliphatic carbocycles. The average molecular weight is 390 g/mol. The fourth-order valence-electron chi connectivity index (χ4n) is 3.98. The second-order valence-electron chi connectivity index (χ2n) is 7.72. The van der Waals surface area contributed by atoms with E-state index in [-0.39, 0.29) is 5.56 Å². The number of aromatic nitrogens is 6. The third kappa shape index (κ3) is 3.23. The van der Waals surface area contributed by atoms with Gasteiger partial charge in [-0.2, -0.15) is 10.1 Å². The SMILES string of the molecule is Cc1nc2ncc(-c3cc(=O)n4cc(N5C[C@@H](C)N[C@@H](C)C5)ccc4n3)cn2n1. The largest absolute Gasteiger partial charge is 0.367 e. The van der Waals surface area contributed by atoms with Crippen molar-refractivity contribution in [3.8, 4) is 11.3 Å². The zero-order valence-corrected chi connectivity index (χ0v) is 16.6. The molecule has 0 unspecified atom stereocenters. The van der Waals surface area contributed by atoms with Crippen LogP contribution in [0.1, 0.15) is 19.7 Å². The molecule has 0 saturated carbocycles. The maximum atomic E-state index is 12.8. The van der Waals surface area contributed by atoms with Gasteiger partial charge in [-0.3, -0.25) is 9.20 Å². The molecule has 2 atom stereocenters. The molecular formula is C20H22N8O. The summed E-state index contributed by atoms with van der Waals surface area (Å²) in [6.45, 7) is 7.96. The van der Waals surface area contributed by atoms with E-state index in [4.69, 9.17) is 0 Å². The molecule has 0 spiro atoms. The van der Waals surface area contributed by atoms with Crippen molar-refractivity contribution in [2.24, 2.45) is 0 Å². The predicted octanol–water partition coefficient (Wildman–Crippen LogP) is 1.29. The van der Waals surface area contributed by atoms with Crippen LogP contribution in [0.25, 0.3) is 22.7 Å². The van der Waals surface area contributed by atoms with Gasteiger partial charge in [-0.25, -0.2) is 14.5 Å². The van der Waals surface area contributed by atoms with Crippen LogP contribution in [-0.2, 0) is 0 Å². The lowest BCUT2D eigenvalue weighted by molar-refractivity contribution is 0.407. The van der Waals surface area contributed by atoms with Gasteiger partial charge in [-0.15, -0.1) is 0 Å². The Morgan fingerprint density at radius 1 is 1.10 bits per heavy atom. The molecule has 148 valence electrons. The monoisotopic (exact) mass is 390 g/mol. The molecule has 1 N–H and O–H groups in total. The summed E-state index contributed by atoms with van der Waals surface area (Å²) in [5.41, 5.74) is 2.78. The summed E-state index contributed by atoms with van der Waals surface area (Å²) in [5, 5.41) is 7.81. The topological polar surface area (TPSA) is 92.7 Å². The van der Waals surface area contributed by atoms with Crippen LogP contribution in [-0.4, -0.2) is 54.1 Å². The molecule has 0 bridgehead atoms. The minimum Gasteiger partial charge on any atom is -0.367 e. The highest BCUT2D eigenvalue weighted by atomic mass is 16.1. The van der Waals surface area contributed by atoms with E-state index in [9.17, 15) is 4.79 Å². The third-order valence-corrected chi connectivity index (χ3v) is 5.16. The summed E-state index contributed by atoms with van der Waals surface area (Å²) < 4.78 is 3.20. The molecule has 9 heteroatoms. The molecule has 4 aromatic heterocycles. The number of fused-ring (bicyclic) bond motifs is 2. The number of hydrogen-bond acceptors (Lipinski definition) is 7. The third-order valence-electron chi connectivity index (χ3n) is 5.16. The molecule has 0 radical (unpaired) electrons. The van der Waals surface area contributed by atoms with Crippen molar-refractivity contribution in [1.29, 1.82) is 0 Å². The number of piperazine rings is 1. The van der Waals surface area contributed by atoms with E-state index < -0.39 is 0 Å². The Hall–Kier alpha value is -3.33. The minimum atomic E-state index is -0.127. The van der Waals surface area contributed by atoms with Crippen molar-refractivity contribution in [1.82, 2.24) is 34.3 Å². The van der Waals surface area contributed by atoms with Crippen molar-refractivity contribution in [3.05, 3.63) is 53.0 Å². The van der Waals surface area contributed by atoms with Gasteiger partial charge in [0.1, 0.15) is 11.5 Å². The minimum absolute atomic E-state index is 0.127. The first-order valence-electron chi connectivity index (χ1n) is 9.70. The van der Waals surface area contributed by atoms with Gasteiger partial charge in [0, 0.05) is 55.4 Å². The Morgan fingerprint density at radius 2 is 1.90 bits per heavy atom. The molecule has 5 heterocycles. The van der Waals surface area contributed by atoms with Crippen molar-refractivity contribution in [2.75, 3.05) is 18.0 Å². The van der Waals surface area contributed by atoms with E-state index >= 15 is 0 Å². The molecule has 1 saturated heterocycles. The number of anilines is 1. The Balaban J connectivity index is 1.55. The second-order valence-corrected chi connectivity index (χ2v) is 7.72. The van der Waals surface area contributed by atoms with Crippen molar-refractivity contribution in [3.63, 3.8) is 0 Å². The van der Waals surface area contributed by atoms with Gasteiger partial charge in [0.25, 0.3) is 11.3 Å². The van der Waals surface area contributed by atoms with E-state index in [1.54, 1.807) is 21.3 Å². The fraction of sp³-hybridized carbons (Fsp3) is 0.350. The second kappa shape index (κ2) is 6.63. The summed E-state index contributed by atoms with van der Waals surface area (Å²) in [5.74, 6) is 1.16. The standard InChI is InChI=1S/C20H22N8O/c1-12-8-26(9-13(2)22-12)16-4-5-18-24-17(6-19(29)27(18)11-16)15-7-21-20-23-14(3)25-28(20)10-15/h4-7,10-13,22H,8-9H2,1-3H3/t12-,13+. The number of pyridine rings is 1. The van der Waals surface area contributed by atoms with Crippen LogP contribution in [0.5, 0.6) is 0 Å². The first-order valence-corrected chi connectivity index (χ1v) is 9.70. The summed E-state index contributed by atoms with van der Waals surface area (Å²) in [6, 6.07) is 6.25. The van der Waals surface area contributed by atoms with Gasteiger partial charge < -0.3 is 10.2 Å². The Kier molecular flexibility index (Phi) is 4.06. The quantitative estimate of drug-likeness (QED) is 0.551. The van der Waals surface area contributed by atoms with E-state index in [2.05, 4.69) is 44.1 Å². The summed E-state index contributed by atoms with van der Waals surface area (Å²) >= 11 is 0. The van der Waals surface area contributed by atoms with Gasteiger partial charge in [-0.05, 0) is 32.9 Å². The molecule has 5 rings (SSSR count). The highest BCUT2D eigenvalue weighted by Crippen LogP contribution is 2.20. The van der Waals surface area contributed by atoms with Crippen molar-refractivity contribution < 1.29 is 0 Å². The first kappa shape index (κ1) is 17.7. The molecule has 1 aliphatic heterocycles. The van der Waals surface area contributed by atoms with Crippen LogP contribution in [0.2, 0.25) is 0 Å². The molecule has 0 aromatic carbocycles. The number of nitrogens with zero attached hydrogens (tertiary/aromatic N) is 7. The highest BCUT2D eigenvalue weighted by molar-refractivity contribution is 5.62. The molecular weight excluding hydrogens is 368 g/mol. The smallest absolute Gasteiger partial charge is 0.258 e.